The highest BCUT2D eigenvalue weighted by molar-refractivity contribution is 9.11. The number of rotatable bonds is 7. The molecule has 0 bridgehead atoms. The summed E-state index contributed by atoms with van der Waals surface area (Å²) in [5.74, 6) is -3.17. The quantitative estimate of drug-likeness (QED) is 0.125. The number of aromatic nitrogens is 1. The fourth-order valence-corrected chi connectivity index (χ4v) is 4.43. The first-order valence-electron chi connectivity index (χ1n) is 9.87. The van der Waals surface area contributed by atoms with Crippen LogP contribution >= 0.6 is 62.3 Å². The van der Waals surface area contributed by atoms with Crippen LogP contribution in [0.3, 0.4) is 0 Å². The average molecular weight is 608 g/mol. The molecule has 3 rings (SSSR count). The Morgan fingerprint density at radius 2 is 1.50 bits per heavy atom. The predicted molar refractivity (Wildman–Crippen MR) is 136 cm³/mol. The van der Waals surface area contributed by atoms with E-state index in [0.717, 1.165) is 0 Å². The van der Waals surface area contributed by atoms with Crippen LogP contribution in [0.4, 0.5) is 0 Å². The van der Waals surface area contributed by atoms with Crippen LogP contribution in [-0.2, 0) is 19.1 Å². The van der Waals surface area contributed by atoms with Crippen molar-refractivity contribution >= 4 is 91.0 Å². The van der Waals surface area contributed by atoms with Gasteiger partial charge in [-0.05, 0) is 44.2 Å². The molecule has 3 aromatic rings. The molecule has 0 spiro atoms. The molecule has 2 aromatic carbocycles. The maximum atomic E-state index is 13.8. The summed E-state index contributed by atoms with van der Waals surface area (Å²) in [5, 5.41) is 1.21. The monoisotopic (exact) mass is 605 g/mol. The summed E-state index contributed by atoms with van der Waals surface area (Å²) in [6.45, 7) is 2.96. The van der Waals surface area contributed by atoms with Gasteiger partial charge in [0.1, 0.15) is 0 Å². The van der Waals surface area contributed by atoms with Gasteiger partial charge in [0, 0.05) is 21.5 Å². The number of benzene rings is 2. The lowest BCUT2D eigenvalue weighted by molar-refractivity contribution is -0.155. The van der Waals surface area contributed by atoms with E-state index in [1.54, 1.807) is 32.0 Å². The summed E-state index contributed by atoms with van der Waals surface area (Å²) in [6.07, 6.45) is 0. The van der Waals surface area contributed by atoms with Gasteiger partial charge in [0.05, 0.1) is 39.5 Å². The van der Waals surface area contributed by atoms with Crippen molar-refractivity contribution < 1.29 is 23.9 Å². The van der Waals surface area contributed by atoms with Crippen molar-refractivity contribution in [2.45, 2.75) is 18.2 Å². The fraction of sp³-hybridized carbons (Fsp3) is 0.217. The first kappa shape index (κ1) is 26.7. The molecule has 0 aliphatic carbocycles. The van der Waals surface area contributed by atoms with E-state index in [1.165, 1.54) is 18.2 Å². The number of ether oxygens (including phenoxy) is 2. The van der Waals surface area contributed by atoms with Gasteiger partial charge >= 0.3 is 11.9 Å². The Morgan fingerprint density at radius 3 is 2.06 bits per heavy atom. The Balaban J connectivity index is 2.34. The summed E-state index contributed by atoms with van der Waals surface area (Å²) in [6, 6.07) is 9.12. The van der Waals surface area contributed by atoms with Gasteiger partial charge in [-0.15, -0.1) is 0 Å². The van der Waals surface area contributed by atoms with E-state index in [-0.39, 0.29) is 44.7 Å². The number of esters is 2. The van der Waals surface area contributed by atoms with Gasteiger partial charge in [-0.3, -0.25) is 4.79 Å². The van der Waals surface area contributed by atoms with Crippen molar-refractivity contribution in [2.24, 2.45) is 0 Å². The van der Waals surface area contributed by atoms with Crippen LogP contribution in [0.25, 0.3) is 22.2 Å². The van der Waals surface area contributed by atoms with Crippen molar-refractivity contribution in [1.29, 1.82) is 0 Å². The molecule has 0 fully saturated rings. The van der Waals surface area contributed by atoms with Crippen molar-refractivity contribution in [2.75, 3.05) is 13.2 Å². The molecule has 0 aliphatic rings. The van der Waals surface area contributed by atoms with E-state index in [1.807, 2.05) is 0 Å². The third kappa shape index (κ3) is 5.04. The second kappa shape index (κ2) is 10.8. The first-order chi connectivity index (χ1) is 16.0. The molecule has 0 radical (unpaired) electrons. The number of halogens is 5. The Hall–Kier alpha value is -1.90. The number of pyridine rings is 1. The van der Waals surface area contributed by atoms with Crippen LogP contribution in [-0.4, -0.2) is 40.2 Å². The van der Waals surface area contributed by atoms with Gasteiger partial charge < -0.3 is 9.47 Å². The summed E-state index contributed by atoms with van der Waals surface area (Å²) in [7, 11) is 0. The molecule has 6 nitrogen and oxygen atoms in total. The number of carbonyl (C=O) groups is 3. The van der Waals surface area contributed by atoms with Gasteiger partial charge in [-0.25, -0.2) is 14.6 Å². The highest BCUT2D eigenvalue weighted by atomic mass is 79.9. The first-order valence-corrected chi connectivity index (χ1v) is 12.2. The molecule has 0 aliphatic heterocycles. The normalized spacial score (nSPS) is 11.4. The zero-order chi connectivity index (χ0) is 25.2. The lowest BCUT2D eigenvalue weighted by Crippen LogP contribution is -2.50. The molecule has 0 N–H and O–H groups in total. The van der Waals surface area contributed by atoms with Gasteiger partial charge in [0.15, 0.2) is 0 Å². The van der Waals surface area contributed by atoms with Crippen molar-refractivity contribution in [3.8, 4) is 11.3 Å². The van der Waals surface area contributed by atoms with Crippen LogP contribution in [0.15, 0.2) is 36.4 Å². The Morgan fingerprint density at radius 1 is 0.882 bits per heavy atom. The van der Waals surface area contributed by atoms with Crippen molar-refractivity contribution in [1.82, 2.24) is 4.98 Å². The Kier molecular flexibility index (Phi) is 8.47. The molecule has 0 saturated carbocycles. The number of nitrogens with zero attached hydrogens (tertiary/aromatic N) is 1. The summed E-state index contributed by atoms with van der Waals surface area (Å²) < 4.78 is 7.56. The van der Waals surface area contributed by atoms with E-state index in [2.05, 4.69) is 20.9 Å². The molecule has 0 saturated heterocycles. The van der Waals surface area contributed by atoms with E-state index >= 15 is 0 Å². The number of hydrogen-bond acceptors (Lipinski definition) is 6. The second-order valence-electron chi connectivity index (χ2n) is 6.90. The molecular formula is C23H16BrCl4NO5. The van der Waals surface area contributed by atoms with Crippen molar-refractivity contribution in [3.63, 3.8) is 0 Å². The van der Waals surface area contributed by atoms with Crippen LogP contribution in [0.2, 0.25) is 20.1 Å². The molecule has 0 amide bonds. The van der Waals surface area contributed by atoms with Crippen LogP contribution in [0.1, 0.15) is 24.2 Å². The Labute approximate surface area is 223 Å². The summed E-state index contributed by atoms with van der Waals surface area (Å²) in [5.41, 5.74) is 0.971. The summed E-state index contributed by atoms with van der Waals surface area (Å²) >= 11 is 27.8. The number of Topliss-reactive ketones (excluding diaryl/α,β-unsaturated/α-hetero) is 1. The second-order valence-corrected chi connectivity index (χ2v) is 9.74. The van der Waals surface area contributed by atoms with E-state index < -0.39 is 22.0 Å². The lowest BCUT2D eigenvalue weighted by atomic mass is 9.93. The van der Waals surface area contributed by atoms with Gasteiger partial charge in [-0.1, -0.05) is 68.4 Å². The van der Waals surface area contributed by atoms with Gasteiger partial charge in [-0.2, -0.15) is 0 Å². The summed E-state index contributed by atoms with van der Waals surface area (Å²) in [4.78, 5) is 44.0. The highest BCUT2D eigenvalue weighted by Crippen LogP contribution is 2.37. The largest absolute Gasteiger partial charge is 0.464 e. The maximum Gasteiger partial charge on any atom is 0.342 e. The maximum absolute atomic E-state index is 13.8. The number of ketones is 1. The number of fused-ring (bicyclic) bond motifs is 1. The minimum atomic E-state index is -2.46. The molecule has 0 unspecified atom stereocenters. The molecule has 0 atom stereocenters. The lowest BCUT2D eigenvalue weighted by Gasteiger charge is -2.23. The topological polar surface area (TPSA) is 82.6 Å². The SMILES string of the molecule is CCOC(=O)C(Br)(C(=O)OCC)C(=O)c1cc(-c2ccc(Cl)c(Cl)c2)nc2c(Cl)cc(Cl)cc12. The molecule has 11 heteroatoms. The van der Waals surface area contributed by atoms with E-state index in [4.69, 9.17) is 55.9 Å². The smallest absolute Gasteiger partial charge is 0.342 e. The van der Waals surface area contributed by atoms with Crippen LogP contribution < -0.4 is 0 Å². The number of alkyl halides is 1. The third-order valence-electron chi connectivity index (χ3n) is 4.72. The Bertz CT molecular complexity index is 1300. The zero-order valence-corrected chi connectivity index (χ0v) is 22.4. The van der Waals surface area contributed by atoms with E-state index in [0.29, 0.717) is 16.3 Å². The average Bonchev–Trinajstić information content (AvgIpc) is 2.79. The zero-order valence-electron chi connectivity index (χ0n) is 17.8. The highest BCUT2D eigenvalue weighted by Gasteiger charge is 2.54. The minimum absolute atomic E-state index is 0.0616. The molecule has 34 heavy (non-hydrogen) atoms. The standard InChI is InChI=1S/C23H16BrCl4NO5/c1-3-33-21(31)23(24,22(32)34-4-2)20(30)14-10-18(11-5-6-15(26)16(27)7-11)29-19-13(14)8-12(25)9-17(19)28/h5-10H,3-4H2,1-2H3. The third-order valence-corrected chi connectivity index (χ3v) is 6.97. The van der Waals surface area contributed by atoms with Gasteiger partial charge in [0.2, 0.25) is 5.78 Å². The van der Waals surface area contributed by atoms with E-state index in [9.17, 15) is 14.4 Å². The fourth-order valence-electron chi connectivity index (χ4n) is 3.16. The minimum Gasteiger partial charge on any atom is -0.464 e. The molecule has 1 aromatic heterocycles. The predicted octanol–water partition coefficient (Wildman–Crippen LogP) is 6.96. The molecule has 1 heterocycles. The molecule has 178 valence electrons. The van der Waals surface area contributed by atoms with Crippen LogP contribution in [0.5, 0.6) is 0 Å². The number of carbonyl (C=O) groups excluding carboxylic acids is 3. The molecular weight excluding hydrogens is 592 g/mol. The number of hydrogen-bond donors (Lipinski definition) is 0. The van der Waals surface area contributed by atoms with Crippen molar-refractivity contribution in [3.05, 3.63) is 62.1 Å². The van der Waals surface area contributed by atoms with Gasteiger partial charge in [0.25, 0.3) is 4.32 Å². The van der Waals surface area contributed by atoms with Crippen LogP contribution in [0, 0.1) is 0 Å².